The van der Waals surface area contributed by atoms with Crippen molar-refractivity contribution in [3.63, 3.8) is 0 Å². The molecule has 2 rings (SSSR count). The van der Waals surface area contributed by atoms with Crippen molar-refractivity contribution in [1.29, 1.82) is 0 Å². The van der Waals surface area contributed by atoms with Crippen molar-refractivity contribution in [2.24, 2.45) is 4.99 Å². The van der Waals surface area contributed by atoms with Crippen LogP contribution in [-0.2, 0) is 9.84 Å². The molecule has 15 heavy (non-hydrogen) atoms. The molecule has 78 valence electrons. The average molecular weight is 244 g/mol. The first-order chi connectivity index (χ1) is 7.03. The van der Waals surface area contributed by atoms with Crippen LogP contribution in [0.25, 0.3) is 0 Å². The fourth-order valence-corrected chi connectivity index (χ4v) is 2.51. The van der Waals surface area contributed by atoms with E-state index in [-0.39, 0.29) is 20.7 Å². The lowest BCUT2D eigenvalue weighted by atomic mass is 10.2. The zero-order chi connectivity index (χ0) is 11.1. The van der Waals surface area contributed by atoms with Gasteiger partial charge in [0.25, 0.3) is 0 Å². The number of sulfone groups is 1. The van der Waals surface area contributed by atoms with E-state index >= 15 is 0 Å². The predicted molar refractivity (Wildman–Crippen MR) is 57.5 cm³/mol. The van der Waals surface area contributed by atoms with Crippen LogP contribution < -0.4 is 0 Å². The third-order valence-corrected chi connectivity index (χ3v) is 4.09. The van der Waals surface area contributed by atoms with Crippen LogP contribution in [0.2, 0.25) is 0 Å². The number of nitrogens with zero attached hydrogens (tertiary/aromatic N) is 1. The second-order valence-electron chi connectivity index (χ2n) is 2.89. The number of phenolic OH excluding ortho intramolecular Hbond substituents is 1. The Hall–Kier alpha value is -1.33. The minimum atomic E-state index is -3.72. The number of phenols is 1. The number of aliphatic imine (C=N–C) groups is 1. The van der Waals surface area contributed by atoms with Crippen LogP contribution in [0.15, 0.2) is 39.8 Å². The highest BCUT2D eigenvalue weighted by Gasteiger charge is 2.30. The maximum Gasteiger partial charge on any atom is 0.236 e. The lowest BCUT2D eigenvalue weighted by Gasteiger charge is -2.03. The van der Waals surface area contributed by atoms with Gasteiger partial charge in [0.2, 0.25) is 9.84 Å². The van der Waals surface area contributed by atoms with Crippen LogP contribution >= 0.6 is 11.6 Å². The Labute approximate surface area is 91.4 Å². The second-order valence-corrected chi connectivity index (χ2v) is 5.35. The minimum Gasteiger partial charge on any atom is -0.507 e. The van der Waals surface area contributed by atoms with E-state index in [2.05, 4.69) is 4.99 Å². The van der Waals surface area contributed by atoms with E-state index in [9.17, 15) is 13.5 Å². The van der Waals surface area contributed by atoms with Crippen LogP contribution in [0.1, 0.15) is 5.56 Å². The van der Waals surface area contributed by atoms with Gasteiger partial charge in [-0.3, -0.25) is 0 Å². The molecule has 0 amide bonds. The molecule has 0 bridgehead atoms. The van der Waals surface area contributed by atoms with Crippen molar-refractivity contribution in [2.45, 2.75) is 0 Å². The summed E-state index contributed by atoms with van der Waals surface area (Å²) in [5.41, 5.74) is 0.157. The topological polar surface area (TPSA) is 66.7 Å². The molecule has 0 unspecified atom stereocenters. The number of hydrogen-bond donors (Lipinski definition) is 1. The summed E-state index contributed by atoms with van der Waals surface area (Å²) in [7, 11) is -3.72. The van der Waals surface area contributed by atoms with Gasteiger partial charge in [0.15, 0.2) is 9.41 Å². The molecule has 1 aromatic carbocycles. The average Bonchev–Trinajstić information content (AvgIpc) is 2.44. The summed E-state index contributed by atoms with van der Waals surface area (Å²) in [6.07, 6.45) is 1.05. The molecule has 0 spiro atoms. The largest absolute Gasteiger partial charge is 0.507 e. The van der Waals surface area contributed by atoms with Crippen LogP contribution in [0, 0.1) is 0 Å². The summed E-state index contributed by atoms with van der Waals surface area (Å²) < 4.78 is 22.9. The predicted octanol–water partition coefficient (Wildman–Crippen LogP) is 1.60. The number of aromatic hydroxyl groups is 1. The van der Waals surface area contributed by atoms with E-state index in [1.54, 1.807) is 12.1 Å². The van der Waals surface area contributed by atoms with Gasteiger partial charge in [-0.15, -0.1) is 0 Å². The maximum atomic E-state index is 11.6. The number of benzene rings is 1. The Bertz CT molecular complexity index is 575. The van der Waals surface area contributed by atoms with Gasteiger partial charge in [-0.25, -0.2) is 13.4 Å². The van der Waals surface area contributed by atoms with Crippen molar-refractivity contribution < 1.29 is 13.5 Å². The highest BCUT2D eigenvalue weighted by molar-refractivity contribution is 8.11. The van der Waals surface area contributed by atoms with Crippen LogP contribution in [0.5, 0.6) is 5.75 Å². The normalized spacial score (nSPS) is 18.5. The number of hydrogen-bond acceptors (Lipinski definition) is 4. The molecule has 1 aliphatic heterocycles. The maximum absolute atomic E-state index is 11.6. The quantitative estimate of drug-likeness (QED) is 0.815. The van der Waals surface area contributed by atoms with Gasteiger partial charge >= 0.3 is 0 Å². The first kappa shape index (κ1) is 10.2. The summed E-state index contributed by atoms with van der Waals surface area (Å²) in [5.74, 6) is -0.139. The van der Waals surface area contributed by atoms with Crippen molar-refractivity contribution >= 4 is 26.5 Å². The van der Waals surface area contributed by atoms with E-state index in [0.717, 1.165) is 6.20 Å². The van der Waals surface area contributed by atoms with E-state index < -0.39 is 9.84 Å². The van der Waals surface area contributed by atoms with Gasteiger partial charge in [0.1, 0.15) is 5.75 Å². The van der Waals surface area contributed by atoms with Gasteiger partial charge in [0.05, 0.1) is 11.8 Å². The third kappa shape index (κ3) is 1.53. The van der Waals surface area contributed by atoms with Crippen molar-refractivity contribution in [3.05, 3.63) is 40.4 Å². The molecule has 0 saturated heterocycles. The molecule has 0 atom stereocenters. The Morgan fingerprint density at radius 2 is 1.93 bits per heavy atom. The first-order valence-corrected chi connectivity index (χ1v) is 5.86. The fourth-order valence-electron chi connectivity index (χ4n) is 1.21. The number of para-hydroxylation sites is 1. The Morgan fingerprint density at radius 1 is 1.27 bits per heavy atom. The van der Waals surface area contributed by atoms with Crippen LogP contribution in [0.4, 0.5) is 0 Å². The zero-order valence-corrected chi connectivity index (χ0v) is 8.96. The van der Waals surface area contributed by atoms with E-state index in [1.165, 1.54) is 12.1 Å². The summed E-state index contributed by atoms with van der Waals surface area (Å²) in [6.45, 7) is 0. The minimum absolute atomic E-state index is 0.139. The monoisotopic (exact) mass is 243 g/mol. The van der Waals surface area contributed by atoms with Crippen molar-refractivity contribution in [2.75, 3.05) is 0 Å². The Morgan fingerprint density at radius 3 is 2.47 bits per heavy atom. The SMILES string of the molecule is O=S1(=O)C(Cl)=CN=C1c1ccccc1O. The van der Waals surface area contributed by atoms with E-state index in [1.807, 2.05) is 0 Å². The smallest absolute Gasteiger partial charge is 0.236 e. The molecular weight excluding hydrogens is 238 g/mol. The Balaban J connectivity index is 2.59. The summed E-state index contributed by atoms with van der Waals surface area (Å²) in [6, 6.07) is 6.06. The molecule has 0 fully saturated rings. The molecule has 4 nitrogen and oxygen atoms in total. The van der Waals surface area contributed by atoms with Crippen LogP contribution in [0.3, 0.4) is 0 Å². The van der Waals surface area contributed by atoms with Crippen molar-refractivity contribution in [1.82, 2.24) is 0 Å². The molecule has 1 aromatic rings. The lowest BCUT2D eigenvalue weighted by molar-refractivity contribution is 0.474. The van der Waals surface area contributed by atoms with E-state index in [0.29, 0.717) is 0 Å². The molecule has 1 heterocycles. The molecule has 0 aliphatic carbocycles. The van der Waals surface area contributed by atoms with Crippen LogP contribution in [-0.4, -0.2) is 18.6 Å². The molecule has 6 heteroatoms. The molecule has 0 radical (unpaired) electrons. The van der Waals surface area contributed by atoms with Gasteiger partial charge in [-0.2, -0.15) is 0 Å². The van der Waals surface area contributed by atoms with Crippen molar-refractivity contribution in [3.8, 4) is 5.75 Å². The summed E-state index contributed by atoms with van der Waals surface area (Å²) in [4.78, 5) is 3.68. The first-order valence-electron chi connectivity index (χ1n) is 4.00. The fraction of sp³-hybridized carbons (Fsp3) is 0. The van der Waals surface area contributed by atoms with E-state index in [4.69, 9.17) is 11.6 Å². The molecular formula is C9H6ClNO3S. The molecule has 1 aliphatic rings. The van der Waals surface area contributed by atoms with Gasteiger partial charge in [-0.1, -0.05) is 23.7 Å². The number of halogens is 1. The zero-order valence-electron chi connectivity index (χ0n) is 7.38. The standard InChI is InChI=1S/C9H6ClNO3S/c10-8-5-11-9(15(8,13)14)6-3-1-2-4-7(6)12/h1-5,12H. The van der Waals surface area contributed by atoms with Gasteiger partial charge in [0, 0.05) is 0 Å². The highest BCUT2D eigenvalue weighted by atomic mass is 35.5. The molecule has 1 N–H and O–H groups in total. The molecule has 0 aromatic heterocycles. The van der Waals surface area contributed by atoms with Gasteiger partial charge < -0.3 is 5.11 Å². The third-order valence-electron chi connectivity index (χ3n) is 1.93. The molecule has 0 saturated carbocycles. The highest BCUT2D eigenvalue weighted by Crippen LogP contribution is 2.28. The second kappa shape index (κ2) is 3.36. The van der Waals surface area contributed by atoms with Gasteiger partial charge in [-0.05, 0) is 12.1 Å². The summed E-state index contributed by atoms with van der Waals surface area (Å²) in [5, 5.41) is 9.26. The number of rotatable bonds is 1. The summed E-state index contributed by atoms with van der Waals surface area (Å²) >= 11 is 5.48. The lowest BCUT2D eigenvalue weighted by Crippen LogP contribution is -2.12. The Kier molecular flexibility index (Phi) is 2.28.